The zero-order valence-corrected chi connectivity index (χ0v) is 14.5. The number of anilines is 1. The van der Waals surface area contributed by atoms with Gasteiger partial charge in [-0.1, -0.05) is 59.8 Å². The van der Waals surface area contributed by atoms with E-state index in [-0.39, 0.29) is 11.5 Å². The Kier molecular flexibility index (Phi) is 4.71. The van der Waals surface area contributed by atoms with Crippen LogP contribution in [-0.2, 0) is 4.79 Å². The number of carboxylic acids is 1. The summed E-state index contributed by atoms with van der Waals surface area (Å²) in [6, 6.07) is 13.0. The van der Waals surface area contributed by atoms with Crippen LogP contribution < -0.4 is 10.0 Å². The van der Waals surface area contributed by atoms with E-state index in [1.807, 2.05) is 6.07 Å². The maximum Gasteiger partial charge on any atom is 0.270 e. The molecule has 1 fully saturated rings. The highest BCUT2D eigenvalue weighted by Crippen LogP contribution is 2.36. The first-order chi connectivity index (χ1) is 11.5. The molecule has 0 unspecified atom stereocenters. The topological polar surface area (TPSA) is 60.4 Å². The number of rotatable bonds is 3. The minimum Gasteiger partial charge on any atom is -0.545 e. The summed E-state index contributed by atoms with van der Waals surface area (Å²) in [6.07, 6.45) is 1.70. The first-order valence-corrected chi connectivity index (χ1v) is 8.41. The first-order valence-electron chi connectivity index (χ1n) is 6.80. The van der Waals surface area contributed by atoms with Gasteiger partial charge in [-0.15, -0.1) is 0 Å². The number of halogens is 1. The van der Waals surface area contributed by atoms with E-state index in [2.05, 4.69) is 0 Å². The normalized spacial score (nSPS) is 16.0. The van der Waals surface area contributed by atoms with E-state index < -0.39 is 5.97 Å². The van der Waals surface area contributed by atoms with Crippen LogP contribution in [-0.4, -0.2) is 16.2 Å². The summed E-state index contributed by atoms with van der Waals surface area (Å²) in [4.78, 5) is 25.4. The van der Waals surface area contributed by atoms with Crippen molar-refractivity contribution in [3.05, 3.63) is 69.6 Å². The van der Waals surface area contributed by atoms with Gasteiger partial charge in [-0.2, -0.15) is 0 Å². The second-order valence-electron chi connectivity index (χ2n) is 4.91. The summed E-state index contributed by atoms with van der Waals surface area (Å²) in [5.41, 5.74) is 1.17. The lowest BCUT2D eigenvalue weighted by Gasteiger charge is -2.15. The third-order valence-electron chi connectivity index (χ3n) is 3.28. The van der Waals surface area contributed by atoms with Crippen LogP contribution in [0.25, 0.3) is 6.08 Å². The molecular formula is C17H9ClNO3S2-. The molecule has 120 valence electrons. The number of amides is 1. The fourth-order valence-electron chi connectivity index (χ4n) is 2.21. The Morgan fingerprint density at radius 3 is 2.67 bits per heavy atom. The van der Waals surface area contributed by atoms with Crippen LogP contribution in [0.4, 0.5) is 5.69 Å². The molecule has 1 heterocycles. The number of thiocarbonyl (C=S) groups is 1. The fraction of sp³-hybridized carbons (Fsp3) is 0. The molecule has 1 saturated heterocycles. The maximum absolute atomic E-state index is 12.6. The van der Waals surface area contributed by atoms with Crippen molar-refractivity contribution in [3.8, 4) is 0 Å². The van der Waals surface area contributed by atoms with Gasteiger partial charge in [0.05, 0.1) is 16.6 Å². The molecule has 0 bridgehead atoms. The summed E-state index contributed by atoms with van der Waals surface area (Å²) in [6.45, 7) is 0. The highest BCUT2D eigenvalue weighted by molar-refractivity contribution is 8.27. The Bertz CT molecular complexity index is 895. The predicted molar refractivity (Wildman–Crippen MR) is 97.9 cm³/mol. The van der Waals surface area contributed by atoms with Crippen molar-refractivity contribution in [3.63, 3.8) is 0 Å². The standard InChI is InChI=1S/C17H10ClNO3S2/c18-12-5-1-3-10(7-12)8-14-15(20)19(17(23)24-14)13-6-2-4-11(9-13)16(21)22/h1-9H,(H,21,22)/p-1/b14-8-. The zero-order valence-electron chi connectivity index (χ0n) is 12.1. The van der Waals surface area contributed by atoms with Crippen LogP contribution in [0.5, 0.6) is 0 Å². The van der Waals surface area contributed by atoms with E-state index in [1.165, 1.54) is 17.0 Å². The third-order valence-corrected chi connectivity index (χ3v) is 4.82. The van der Waals surface area contributed by atoms with Crippen molar-refractivity contribution in [2.45, 2.75) is 0 Å². The first kappa shape index (κ1) is 16.7. The zero-order chi connectivity index (χ0) is 17.3. The molecule has 1 aliphatic heterocycles. The molecule has 2 aromatic rings. The second kappa shape index (κ2) is 6.76. The second-order valence-corrected chi connectivity index (χ2v) is 7.02. The molecule has 1 amide bonds. The quantitative estimate of drug-likeness (QED) is 0.610. The monoisotopic (exact) mass is 374 g/mol. The average Bonchev–Trinajstić information content (AvgIpc) is 2.81. The van der Waals surface area contributed by atoms with Crippen molar-refractivity contribution < 1.29 is 14.7 Å². The molecule has 0 atom stereocenters. The van der Waals surface area contributed by atoms with E-state index in [9.17, 15) is 14.7 Å². The molecule has 0 aromatic heterocycles. The van der Waals surface area contributed by atoms with Gasteiger partial charge in [0.2, 0.25) is 0 Å². The van der Waals surface area contributed by atoms with Crippen LogP contribution in [0.1, 0.15) is 15.9 Å². The summed E-state index contributed by atoms with van der Waals surface area (Å²) in [7, 11) is 0. The number of hydrogen-bond acceptors (Lipinski definition) is 5. The SMILES string of the molecule is O=C([O-])c1cccc(N2C(=O)/C(=C/c3cccc(Cl)c3)SC2=S)c1. The Morgan fingerprint density at radius 2 is 1.96 bits per heavy atom. The van der Waals surface area contributed by atoms with Crippen molar-refractivity contribution in [1.82, 2.24) is 0 Å². The van der Waals surface area contributed by atoms with Crippen molar-refractivity contribution in [2.75, 3.05) is 4.90 Å². The van der Waals surface area contributed by atoms with Crippen molar-refractivity contribution >= 4 is 63.5 Å². The molecule has 1 aliphatic rings. The molecular weight excluding hydrogens is 366 g/mol. The number of aromatic carboxylic acids is 1. The highest BCUT2D eigenvalue weighted by Gasteiger charge is 2.33. The Labute approximate surface area is 152 Å². The maximum atomic E-state index is 12.6. The number of benzene rings is 2. The van der Waals surface area contributed by atoms with Gasteiger partial charge >= 0.3 is 0 Å². The summed E-state index contributed by atoms with van der Waals surface area (Å²) in [5, 5.41) is 11.6. The number of nitrogens with zero attached hydrogens (tertiary/aromatic N) is 1. The van der Waals surface area contributed by atoms with Gasteiger partial charge in [0, 0.05) is 5.02 Å². The number of hydrogen-bond donors (Lipinski definition) is 0. The largest absolute Gasteiger partial charge is 0.545 e. The average molecular weight is 375 g/mol. The lowest BCUT2D eigenvalue weighted by molar-refractivity contribution is -0.255. The van der Waals surface area contributed by atoms with Crippen LogP contribution in [0.3, 0.4) is 0 Å². The molecule has 0 saturated carbocycles. The van der Waals surface area contributed by atoms with E-state index in [0.29, 0.717) is 19.9 Å². The van der Waals surface area contributed by atoms with E-state index in [1.54, 1.807) is 36.4 Å². The number of carboxylic acid groups (broad SMARTS) is 1. The Hall–Kier alpha value is -2.15. The Morgan fingerprint density at radius 1 is 1.21 bits per heavy atom. The number of carbonyl (C=O) groups excluding carboxylic acids is 2. The van der Waals surface area contributed by atoms with E-state index in [4.69, 9.17) is 23.8 Å². The molecule has 4 nitrogen and oxygen atoms in total. The molecule has 0 spiro atoms. The lowest BCUT2D eigenvalue weighted by Crippen LogP contribution is -2.28. The van der Waals surface area contributed by atoms with Crippen molar-refractivity contribution in [2.24, 2.45) is 0 Å². The van der Waals surface area contributed by atoms with Crippen LogP contribution in [0.2, 0.25) is 5.02 Å². The smallest absolute Gasteiger partial charge is 0.270 e. The predicted octanol–water partition coefficient (Wildman–Crippen LogP) is 3.11. The van der Waals surface area contributed by atoms with Gasteiger partial charge in [-0.05, 0) is 41.5 Å². The van der Waals surface area contributed by atoms with Crippen LogP contribution in [0.15, 0.2) is 53.4 Å². The summed E-state index contributed by atoms with van der Waals surface area (Å²) in [5.74, 6) is -1.61. The number of thioether (sulfide) groups is 1. The minimum atomic E-state index is -1.31. The molecule has 0 aliphatic carbocycles. The molecule has 2 aromatic carbocycles. The molecule has 24 heavy (non-hydrogen) atoms. The minimum absolute atomic E-state index is 0.0135. The van der Waals surface area contributed by atoms with Gasteiger partial charge in [-0.3, -0.25) is 9.69 Å². The van der Waals surface area contributed by atoms with Crippen LogP contribution in [0, 0.1) is 0 Å². The van der Waals surface area contributed by atoms with Gasteiger partial charge in [-0.25, -0.2) is 0 Å². The molecule has 3 rings (SSSR count). The lowest BCUT2D eigenvalue weighted by atomic mass is 10.2. The summed E-state index contributed by atoms with van der Waals surface area (Å²) >= 11 is 12.4. The van der Waals surface area contributed by atoms with E-state index >= 15 is 0 Å². The molecule has 0 N–H and O–H groups in total. The fourth-order valence-corrected chi connectivity index (χ4v) is 3.71. The molecule has 7 heteroatoms. The van der Waals surface area contributed by atoms with Crippen molar-refractivity contribution in [1.29, 1.82) is 0 Å². The van der Waals surface area contributed by atoms with Gasteiger partial charge in [0.25, 0.3) is 5.91 Å². The van der Waals surface area contributed by atoms with E-state index in [0.717, 1.165) is 17.3 Å². The van der Waals surface area contributed by atoms with Gasteiger partial charge < -0.3 is 9.90 Å². The number of carbonyl (C=O) groups is 2. The summed E-state index contributed by atoms with van der Waals surface area (Å²) < 4.78 is 0.337. The third kappa shape index (κ3) is 3.36. The highest BCUT2D eigenvalue weighted by atomic mass is 35.5. The van der Waals surface area contributed by atoms with Gasteiger partial charge in [0.15, 0.2) is 4.32 Å². The van der Waals surface area contributed by atoms with Crippen LogP contribution >= 0.6 is 35.6 Å². The van der Waals surface area contributed by atoms with Gasteiger partial charge in [0.1, 0.15) is 0 Å². The molecule has 0 radical (unpaired) electrons. The Balaban J connectivity index is 1.95.